The fourth-order valence-corrected chi connectivity index (χ4v) is 2.75. The summed E-state index contributed by atoms with van der Waals surface area (Å²) in [5.74, 6) is 0.0649. The van der Waals surface area contributed by atoms with Gasteiger partial charge in [0.15, 0.2) is 5.17 Å². The van der Waals surface area contributed by atoms with Gasteiger partial charge in [-0.1, -0.05) is 25.1 Å². The van der Waals surface area contributed by atoms with Crippen LogP contribution in [0.15, 0.2) is 10.2 Å². The highest BCUT2D eigenvalue weighted by atomic mass is 32.2. The molecule has 0 aromatic carbocycles. The van der Waals surface area contributed by atoms with Crippen LogP contribution in [0, 0.1) is 0 Å². The van der Waals surface area contributed by atoms with Crippen LogP contribution in [0.4, 0.5) is 0 Å². The highest BCUT2D eigenvalue weighted by Crippen LogP contribution is 2.22. The maximum absolute atomic E-state index is 11.4. The first-order valence-corrected chi connectivity index (χ1v) is 6.78. The van der Waals surface area contributed by atoms with E-state index in [1.54, 1.807) is 0 Å². The van der Waals surface area contributed by atoms with Gasteiger partial charge >= 0.3 is 0 Å². The molecule has 1 saturated carbocycles. The minimum atomic E-state index is 0.0188. The largest absolute Gasteiger partial charge is 0.303 e. The number of amidine groups is 1. The van der Waals surface area contributed by atoms with Crippen molar-refractivity contribution in [1.82, 2.24) is 5.32 Å². The molecule has 2 aliphatic rings. The summed E-state index contributed by atoms with van der Waals surface area (Å²) in [4.78, 5) is 11.4. The molecule has 1 N–H and O–H groups in total. The Kier molecular flexibility index (Phi) is 3.98. The molecule has 1 atom stereocenters. The maximum Gasteiger partial charge on any atom is 0.239 e. The summed E-state index contributed by atoms with van der Waals surface area (Å²) in [6, 6.07) is 0. The van der Waals surface area contributed by atoms with Crippen LogP contribution in [-0.2, 0) is 4.79 Å². The Balaban J connectivity index is 1.95. The van der Waals surface area contributed by atoms with Gasteiger partial charge in [0.05, 0.1) is 5.25 Å². The fourth-order valence-electron chi connectivity index (χ4n) is 1.90. The number of hydrogen-bond acceptors (Lipinski definition) is 4. The van der Waals surface area contributed by atoms with E-state index in [0.29, 0.717) is 5.17 Å². The van der Waals surface area contributed by atoms with Crippen LogP contribution in [-0.4, -0.2) is 22.0 Å². The average Bonchev–Trinajstić information content (AvgIpc) is 2.69. The molecule has 1 heterocycles. The molecule has 4 nitrogen and oxygen atoms in total. The van der Waals surface area contributed by atoms with Crippen molar-refractivity contribution in [1.29, 1.82) is 0 Å². The second-order valence-electron chi connectivity index (χ2n) is 4.14. The Labute approximate surface area is 100.0 Å². The number of nitrogens with zero attached hydrogens (tertiary/aromatic N) is 2. The first kappa shape index (κ1) is 11.6. The highest BCUT2D eigenvalue weighted by molar-refractivity contribution is 8.15. The van der Waals surface area contributed by atoms with Crippen molar-refractivity contribution < 1.29 is 4.79 Å². The van der Waals surface area contributed by atoms with Crippen LogP contribution in [0.2, 0.25) is 0 Å². The zero-order chi connectivity index (χ0) is 11.4. The molecular weight excluding hydrogens is 222 g/mol. The lowest BCUT2D eigenvalue weighted by atomic mass is 9.99. The van der Waals surface area contributed by atoms with Crippen molar-refractivity contribution >= 4 is 28.5 Å². The third kappa shape index (κ3) is 2.84. The molecule has 2 fully saturated rings. The molecule has 1 amide bonds. The molecule has 16 heavy (non-hydrogen) atoms. The van der Waals surface area contributed by atoms with Crippen molar-refractivity contribution in [3.8, 4) is 0 Å². The first-order chi connectivity index (χ1) is 7.79. The number of carbonyl (C=O) groups is 1. The van der Waals surface area contributed by atoms with Gasteiger partial charge < -0.3 is 5.32 Å². The molecule has 0 unspecified atom stereocenters. The topological polar surface area (TPSA) is 53.8 Å². The summed E-state index contributed by atoms with van der Waals surface area (Å²) in [5.41, 5.74) is 1.17. The minimum absolute atomic E-state index is 0.0188. The van der Waals surface area contributed by atoms with E-state index < -0.39 is 0 Å². The summed E-state index contributed by atoms with van der Waals surface area (Å²) in [6.45, 7) is 2.01. The Hall–Kier alpha value is -0.840. The second kappa shape index (κ2) is 5.48. The van der Waals surface area contributed by atoms with E-state index in [2.05, 4.69) is 15.5 Å². The third-order valence-corrected chi connectivity index (χ3v) is 4.10. The zero-order valence-corrected chi connectivity index (χ0v) is 10.3. The van der Waals surface area contributed by atoms with Crippen molar-refractivity contribution in [2.45, 2.75) is 50.7 Å². The zero-order valence-electron chi connectivity index (χ0n) is 9.53. The number of hydrogen-bond donors (Lipinski definition) is 1. The summed E-state index contributed by atoms with van der Waals surface area (Å²) in [6.07, 6.45) is 6.71. The van der Waals surface area contributed by atoms with Crippen LogP contribution in [0.3, 0.4) is 0 Å². The number of thioether (sulfide) groups is 1. The normalized spacial score (nSPS) is 28.3. The molecule has 0 spiro atoms. The third-order valence-electron chi connectivity index (χ3n) is 2.86. The Morgan fingerprint density at radius 1 is 1.31 bits per heavy atom. The predicted molar refractivity (Wildman–Crippen MR) is 67.8 cm³/mol. The van der Waals surface area contributed by atoms with E-state index >= 15 is 0 Å². The highest BCUT2D eigenvalue weighted by Gasteiger charge is 2.28. The summed E-state index contributed by atoms with van der Waals surface area (Å²) in [7, 11) is 0. The van der Waals surface area contributed by atoms with Gasteiger partial charge in [0.1, 0.15) is 0 Å². The van der Waals surface area contributed by atoms with E-state index in [4.69, 9.17) is 0 Å². The van der Waals surface area contributed by atoms with Crippen LogP contribution >= 0.6 is 11.8 Å². The first-order valence-electron chi connectivity index (χ1n) is 5.90. The maximum atomic E-state index is 11.4. The van der Waals surface area contributed by atoms with E-state index in [1.165, 1.54) is 36.7 Å². The molecule has 2 rings (SSSR count). The van der Waals surface area contributed by atoms with E-state index in [0.717, 1.165) is 19.3 Å². The van der Waals surface area contributed by atoms with Gasteiger partial charge in [-0.2, -0.15) is 5.10 Å². The molecule has 5 heteroatoms. The number of rotatable bonds is 2. The SMILES string of the molecule is CC[C@@H]1S/C(=N\N=C2CCCCC2)NC1=O. The van der Waals surface area contributed by atoms with Gasteiger partial charge in [0.2, 0.25) is 5.91 Å². The van der Waals surface area contributed by atoms with Gasteiger partial charge in [-0.25, -0.2) is 0 Å². The quantitative estimate of drug-likeness (QED) is 0.752. The summed E-state index contributed by atoms with van der Waals surface area (Å²) in [5, 5.41) is 11.8. The lowest BCUT2D eigenvalue weighted by Crippen LogP contribution is -2.24. The number of nitrogens with one attached hydrogen (secondary N) is 1. The molecule has 0 radical (unpaired) electrons. The lowest BCUT2D eigenvalue weighted by Gasteiger charge is -2.10. The molecule has 88 valence electrons. The molecule has 1 aliphatic carbocycles. The van der Waals surface area contributed by atoms with Crippen molar-refractivity contribution in [2.75, 3.05) is 0 Å². The van der Waals surface area contributed by atoms with Crippen LogP contribution in [0.1, 0.15) is 45.4 Å². The Morgan fingerprint density at radius 3 is 2.69 bits per heavy atom. The fraction of sp³-hybridized carbons (Fsp3) is 0.727. The van der Waals surface area contributed by atoms with Gasteiger partial charge in [-0.05, 0) is 32.1 Å². The van der Waals surface area contributed by atoms with E-state index in [1.807, 2.05) is 6.92 Å². The monoisotopic (exact) mass is 239 g/mol. The van der Waals surface area contributed by atoms with E-state index in [-0.39, 0.29) is 11.2 Å². The minimum Gasteiger partial charge on any atom is -0.303 e. The van der Waals surface area contributed by atoms with E-state index in [9.17, 15) is 4.79 Å². The predicted octanol–water partition coefficient (Wildman–Crippen LogP) is 2.30. The van der Waals surface area contributed by atoms with Gasteiger partial charge in [0, 0.05) is 5.71 Å². The van der Waals surface area contributed by atoms with Crippen molar-refractivity contribution in [3.05, 3.63) is 0 Å². The molecule has 1 aliphatic heterocycles. The molecule has 0 aromatic heterocycles. The number of carbonyl (C=O) groups excluding carboxylic acids is 1. The van der Waals surface area contributed by atoms with Crippen molar-refractivity contribution in [2.24, 2.45) is 10.2 Å². The van der Waals surface area contributed by atoms with Crippen LogP contribution in [0.5, 0.6) is 0 Å². The van der Waals surface area contributed by atoms with Crippen LogP contribution in [0.25, 0.3) is 0 Å². The average molecular weight is 239 g/mol. The molecule has 0 aromatic rings. The van der Waals surface area contributed by atoms with Gasteiger partial charge in [-0.3, -0.25) is 4.79 Å². The standard InChI is InChI=1S/C11H17N3OS/c1-2-9-10(15)12-11(16-9)14-13-8-6-4-3-5-7-8/h9H,2-7H2,1H3,(H,12,14,15)/t9-/m0/s1. The molecule has 1 saturated heterocycles. The number of amides is 1. The molecule has 0 bridgehead atoms. The Bertz CT molecular complexity index is 330. The van der Waals surface area contributed by atoms with Gasteiger partial charge in [0.25, 0.3) is 0 Å². The second-order valence-corrected chi connectivity index (χ2v) is 5.33. The van der Waals surface area contributed by atoms with Gasteiger partial charge in [-0.15, -0.1) is 5.10 Å². The Morgan fingerprint density at radius 2 is 2.06 bits per heavy atom. The molecular formula is C11H17N3OS. The summed E-state index contributed by atoms with van der Waals surface area (Å²) >= 11 is 1.49. The van der Waals surface area contributed by atoms with Crippen molar-refractivity contribution in [3.63, 3.8) is 0 Å². The smallest absolute Gasteiger partial charge is 0.239 e. The summed E-state index contributed by atoms with van der Waals surface area (Å²) < 4.78 is 0. The van der Waals surface area contributed by atoms with Crippen LogP contribution < -0.4 is 5.32 Å². The lowest BCUT2D eigenvalue weighted by molar-refractivity contribution is -0.118.